The molecule has 1 aliphatic heterocycles. The summed E-state index contributed by atoms with van der Waals surface area (Å²) in [7, 11) is -1.40. The number of piperidine rings is 1. The minimum absolute atomic E-state index is 0.0242. The summed E-state index contributed by atoms with van der Waals surface area (Å²) in [5.41, 5.74) is 4.76. The molecule has 1 saturated heterocycles. The van der Waals surface area contributed by atoms with Crippen LogP contribution >= 0.6 is 0 Å². The maximum Gasteiger partial charge on any atom is 0.410 e. The predicted octanol–water partition coefficient (Wildman–Crippen LogP) is 7.67. The maximum atomic E-state index is 14.7. The summed E-state index contributed by atoms with van der Waals surface area (Å²) in [5, 5.41) is 4.16. The number of likely N-dealkylation sites (tertiary alicyclic amines) is 1. The molecule has 5 fully saturated rings. The minimum Gasteiger partial charge on any atom is -0.496 e. The normalized spacial score (nSPS) is 26.1. The molecule has 5 aliphatic rings. The van der Waals surface area contributed by atoms with Crippen LogP contribution in [0.1, 0.15) is 108 Å². The number of rotatable bonds is 10. The molecular weight excluding hydrogens is 703 g/mol. The first-order valence-electron chi connectivity index (χ1n) is 19.9. The van der Waals surface area contributed by atoms with Crippen molar-refractivity contribution < 1.29 is 27.5 Å². The van der Waals surface area contributed by atoms with E-state index in [4.69, 9.17) is 14.5 Å². The summed E-state index contributed by atoms with van der Waals surface area (Å²) in [6.45, 7) is 7.73. The molecule has 12 heteroatoms. The summed E-state index contributed by atoms with van der Waals surface area (Å²) < 4.78 is 37.4. The number of carbonyl (C=O) groups is 2. The van der Waals surface area contributed by atoms with Crippen molar-refractivity contribution in [3.05, 3.63) is 60.0 Å². The Bertz CT molecular complexity index is 1920. The number of nitrogens with zero attached hydrogens (tertiary/aromatic N) is 5. The Balaban J connectivity index is 1.06. The smallest absolute Gasteiger partial charge is 0.410 e. The first-order valence-corrected chi connectivity index (χ1v) is 21.9. The van der Waals surface area contributed by atoms with Crippen LogP contribution in [-0.4, -0.2) is 84.4 Å². The summed E-state index contributed by atoms with van der Waals surface area (Å²) in [5.74, 6) is 1.52. The number of hydrogen-bond donors (Lipinski definition) is 0. The minimum atomic E-state index is -3.12. The van der Waals surface area contributed by atoms with Crippen molar-refractivity contribution in [3.63, 3.8) is 0 Å². The molecule has 54 heavy (non-hydrogen) atoms. The van der Waals surface area contributed by atoms with Crippen LogP contribution in [0.2, 0.25) is 0 Å². The number of benzene rings is 1. The lowest BCUT2D eigenvalue weighted by Gasteiger charge is -2.55. The Morgan fingerprint density at radius 1 is 0.944 bits per heavy atom. The molecule has 3 aromatic rings. The van der Waals surface area contributed by atoms with Gasteiger partial charge in [0.25, 0.3) is 0 Å². The van der Waals surface area contributed by atoms with Crippen LogP contribution < -0.4 is 9.64 Å². The molecular formula is C42H57N5O6S. The third-order valence-electron chi connectivity index (χ3n) is 13.3. The SMILES string of the molecule is COc1ccc(C23CCC(CN(C(=O)C4CCC(OC(=O)N5CCC(S(C)(=O)=O)CC5)CC4)c4cc(-c5cnn(C(C)C)c5)ccn4)(CC2)CC3)cc1C. The van der Waals surface area contributed by atoms with E-state index in [9.17, 15) is 18.0 Å². The number of pyridine rings is 1. The fourth-order valence-electron chi connectivity index (χ4n) is 9.60. The average Bonchev–Trinajstić information content (AvgIpc) is 3.69. The van der Waals surface area contributed by atoms with Crippen LogP contribution in [0.15, 0.2) is 48.9 Å². The number of amides is 2. The Morgan fingerprint density at radius 2 is 1.63 bits per heavy atom. The molecule has 0 spiro atoms. The maximum absolute atomic E-state index is 14.7. The third kappa shape index (κ3) is 7.91. The number of fused-ring (bicyclic) bond motifs is 3. The first-order chi connectivity index (χ1) is 25.8. The molecule has 11 nitrogen and oxygen atoms in total. The van der Waals surface area contributed by atoms with Gasteiger partial charge < -0.3 is 14.4 Å². The highest BCUT2D eigenvalue weighted by molar-refractivity contribution is 7.91. The molecule has 1 aromatic carbocycles. The van der Waals surface area contributed by atoms with Gasteiger partial charge in [0.1, 0.15) is 27.5 Å². The standard InChI is InChI=1S/C42H57N5O6S/c1-29(2)47-27-33(26-44-47)32-12-21-43-38(25-32)46(28-41-15-18-42(19-16-41,20-17-41)34-8-11-37(52-4)30(3)24-34)39(48)31-6-9-35(10-7-31)53-40(49)45-22-13-36(14-23-45)54(5,50)51/h8,11-12,21,24-27,29,31,35-36H,6-7,9-10,13-20,22-23,28H2,1-5H3. The van der Waals surface area contributed by atoms with Crippen molar-refractivity contribution in [3.8, 4) is 16.9 Å². The summed E-state index contributed by atoms with van der Waals surface area (Å²) in [4.78, 5) is 36.2. The summed E-state index contributed by atoms with van der Waals surface area (Å²) in [6, 6.07) is 11.0. The van der Waals surface area contributed by atoms with E-state index in [1.807, 2.05) is 40.3 Å². The quantitative estimate of drug-likeness (QED) is 0.206. The monoisotopic (exact) mass is 759 g/mol. The highest BCUT2D eigenvalue weighted by atomic mass is 32.2. The van der Waals surface area contributed by atoms with Crippen LogP contribution in [0.4, 0.5) is 10.6 Å². The number of ether oxygens (including phenoxy) is 2. The number of anilines is 1. The topological polar surface area (TPSA) is 124 Å². The molecule has 2 aromatic heterocycles. The van der Waals surface area contributed by atoms with Crippen molar-refractivity contribution in [2.24, 2.45) is 11.3 Å². The Labute approximate surface area is 320 Å². The zero-order valence-corrected chi connectivity index (χ0v) is 33.4. The third-order valence-corrected chi connectivity index (χ3v) is 14.9. The highest BCUT2D eigenvalue weighted by Crippen LogP contribution is 2.58. The number of aromatic nitrogens is 3. The molecule has 2 bridgehead atoms. The van der Waals surface area contributed by atoms with E-state index in [0.29, 0.717) is 64.0 Å². The van der Waals surface area contributed by atoms with E-state index in [-0.39, 0.29) is 40.9 Å². The van der Waals surface area contributed by atoms with Crippen molar-refractivity contribution in [1.82, 2.24) is 19.7 Å². The molecule has 0 unspecified atom stereocenters. The predicted molar refractivity (Wildman–Crippen MR) is 209 cm³/mol. The number of sulfone groups is 1. The van der Waals surface area contributed by atoms with Gasteiger partial charge in [-0.05, 0) is 144 Å². The van der Waals surface area contributed by atoms with E-state index >= 15 is 0 Å². The van der Waals surface area contributed by atoms with Gasteiger partial charge in [-0.1, -0.05) is 12.1 Å². The van der Waals surface area contributed by atoms with Crippen LogP contribution in [0, 0.1) is 18.3 Å². The second-order valence-corrected chi connectivity index (χ2v) is 19.3. The van der Waals surface area contributed by atoms with Gasteiger partial charge >= 0.3 is 6.09 Å². The van der Waals surface area contributed by atoms with Crippen LogP contribution in [-0.2, 0) is 24.8 Å². The van der Waals surface area contributed by atoms with E-state index in [2.05, 4.69) is 44.1 Å². The number of aryl methyl sites for hydroxylation is 1. The Hall–Kier alpha value is -3.93. The van der Waals surface area contributed by atoms with Crippen molar-refractivity contribution in [2.45, 2.75) is 121 Å². The molecule has 292 valence electrons. The van der Waals surface area contributed by atoms with Crippen molar-refractivity contribution in [2.75, 3.05) is 37.9 Å². The van der Waals surface area contributed by atoms with Gasteiger partial charge in [-0.3, -0.25) is 14.4 Å². The van der Waals surface area contributed by atoms with Gasteiger partial charge in [0.05, 0.1) is 18.6 Å². The van der Waals surface area contributed by atoms with Crippen LogP contribution in [0.25, 0.3) is 11.1 Å². The van der Waals surface area contributed by atoms with Crippen LogP contribution in [0.5, 0.6) is 5.75 Å². The molecule has 2 amide bonds. The molecule has 0 N–H and O–H groups in total. The van der Waals surface area contributed by atoms with Gasteiger partial charge in [-0.2, -0.15) is 5.10 Å². The van der Waals surface area contributed by atoms with Crippen LogP contribution in [0.3, 0.4) is 0 Å². The molecule has 4 aliphatic carbocycles. The van der Waals surface area contributed by atoms with Gasteiger partial charge in [0, 0.05) is 55.8 Å². The molecule has 0 atom stereocenters. The zero-order valence-electron chi connectivity index (χ0n) is 32.6. The Morgan fingerprint density at radius 3 is 2.22 bits per heavy atom. The number of carbonyl (C=O) groups excluding carboxylic acids is 2. The van der Waals surface area contributed by atoms with E-state index in [1.165, 1.54) is 17.4 Å². The number of methoxy groups -OCH3 is 1. The van der Waals surface area contributed by atoms with Gasteiger partial charge in [0.15, 0.2) is 0 Å². The first kappa shape index (κ1) is 38.3. The van der Waals surface area contributed by atoms with Gasteiger partial charge in [0.2, 0.25) is 5.91 Å². The van der Waals surface area contributed by atoms with Crippen molar-refractivity contribution >= 4 is 27.7 Å². The average molecular weight is 760 g/mol. The molecule has 3 heterocycles. The zero-order chi connectivity index (χ0) is 38.3. The largest absolute Gasteiger partial charge is 0.496 e. The summed E-state index contributed by atoms with van der Waals surface area (Å²) in [6.07, 6.45) is 16.2. The lowest BCUT2D eigenvalue weighted by Crippen LogP contribution is -2.52. The summed E-state index contributed by atoms with van der Waals surface area (Å²) >= 11 is 0. The molecule has 0 radical (unpaired) electrons. The lowest BCUT2D eigenvalue weighted by molar-refractivity contribution is -0.124. The fourth-order valence-corrected chi connectivity index (χ4v) is 10.7. The van der Waals surface area contributed by atoms with E-state index in [1.54, 1.807) is 12.0 Å². The van der Waals surface area contributed by atoms with Gasteiger partial charge in [-0.15, -0.1) is 0 Å². The molecule has 4 saturated carbocycles. The van der Waals surface area contributed by atoms with E-state index in [0.717, 1.165) is 55.4 Å². The molecule has 8 rings (SSSR count). The van der Waals surface area contributed by atoms with Gasteiger partial charge in [-0.25, -0.2) is 18.2 Å². The fraction of sp³-hybridized carbons (Fsp3) is 0.619. The second kappa shape index (κ2) is 15.3. The lowest BCUT2D eigenvalue weighted by atomic mass is 9.51. The van der Waals surface area contributed by atoms with Crippen molar-refractivity contribution in [1.29, 1.82) is 0 Å². The highest BCUT2D eigenvalue weighted by Gasteiger charge is 2.51. The second-order valence-electron chi connectivity index (χ2n) is 17.0. The Kier molecular flexibility index (Phi) is 10.9. The van der Waals surface area contributed by atoms with E-state index < -0.39 is 15.1 Å². The number of hydrogen-bond acceptors (Lipinski definition) is 8.